The highest BCUT2D eigenvalue weighted by Gasteiger charge is 2.27. The van der Waals surface area contributed by atoms with Crippen LogP contribution in [-0.4, -0.2) is 37.2 Å². The Morgan fingerprint density at radius 1 is 1.50 bits per heavy atom. The highest BCUT2D eigenvalue weighted by atomic mass is 32.2. The van der Waals surface area contributed by atoms with Crippen LogP contribution in [-0.2, 0) is 14.6 Å². The van der Waals surface area contributed by atoms with Crippen molar-refractivity contribution in [2.45, 2.75) is 32.8 Å². The zero-order chi connectivity index (χ0) is 12.4. The molecule has 0 spiro atoms. The first kappa shape index (κ1) is 13.7. The van der Waals surface area contributed by atoms with Gasteiger partial charge in [-0.25, -0.2) is 8.42 Å². The minimum atomic E-state index is -2.80. The minimum Gasteiger partial charge on any atom is -0.465 e. The van der Waals surface area contributed by atoms with Crippen LogP contribution >= 0.6 is 12.2 Å². The van der Waals surface area contributed by atoms with Gasteiger partial charge < -0.3 is 10.1 Å². The molecular formula is C10H19NO3S2. The van der Waals surface area contributed by atoms with Crippen LogP contribution in [0.5, 0.6) is 0 Å². The molecule has 1 unspecified atom stereocenters. The van der Waals surface area contributed by atoms with Gasteiger partial charge in [-0.15, -0.1) is 0 Å². The molecule has 0 radical (unpaired) electrons. The molecule has 0 aliphatic carbocycles. The van der Waals surface area contributed by atoms with Crippen molar-refractivity contribution in [3.8, 4) is 0 Å². The summed E-state index contributed by atoms with van der Waals surface area (Å²) in [5.74, 6) is 0.719. The number of hydrogen-bond donors (Lipinski definition) is 1. The van der Waals surface area contributed by atoms with E-state index in [-0.39, 0.29) is 17.3 Å². The molecule has 0 aromatic heterocycles. The van der Waals surface area contributed by atoms with Gasteiger partial charge >= 0.3 is 0 Å². The second kappa shape index (κ2) is 4.87. The van der Waals surface area contributed by atoms with Crippen molar-refractivity contribution in [3.05, 3.63) is 0 Å². The Kier molecular flexibility index (Phi) is 4.17. The lowest BCUT2D eigenvalue weighted by Gasteiger charge is -2.22. The molecule has 1 rings (SSSR count). The second-order valence-electron chi connectivity index (χ2n) is 5.15. The molecule has 94 valence electrons. The third-order valence-corrected chi connectivity index (χ3v) is 4.33. The number of hydrogen-bond acceptors (Lipinski definition) is 4. The zero-order valence-electron chi connectivity index (χ0n) is 9.95. The predicted molar refractivity (Wildman–Crippen MR) is 68.2 cm³/mol. The molecule has 1 heterocycles. The van der Waals surface area contributed by atoms with E-state index in [1.54, 1.807) is 0 Å². The number of nitrogens with one attached hydrogen (secondary N) is 1. The van der Waals surface area contributed by atoms with Gasteiger partial charge in [0.05, 0.1) is 11.5 Å². The van der Waals surface area contributed by atoms with Crippen LogP contribution < -0.4 is 5.32 Å². The summed E-state index contributed by atoms with van der Waals surface area (Å²) in [6.07, 6.45) is 0.716. The van der Waals surface area contributed by atoms with Crippen molar-refractivity contribution in [2.24, 2.45) is 5.92 Å². The number of sulfone groups is 1. The fourth-order valence-electron chi connectivity index (χ4n) is 1.57. The molecule has 1 N–H and O–H groups in total. The van der Waals surface area contributed by atoms with Gasteiger partial charge in [-0.2, -0.15) is 0 Å². The maximum absolute atomic E-state index is 11.2. The van der Waals surface area contributed by atoms with Gasteiger partial charge in [-0.3, -0.25) is 0 Å². The molecule has 0 bridgehead atoms. The topological polar surface area (TPSA) is 55.4 Å². The van der Waals surface area contributed by atoms with E-state index in [0.29, 0.717) is 23.9 Å². The van der Waals surface area contributed by atoms with Gasteiger partial charge in [0.1, 0.15) is 5.60 Å². The van der Waals surface area contributed by atoms with Gasteiger partial charge in [0.25, 0.3) is 5.17 Å². The van der Waals surface area contributed by atoms with E-state index in [1.165, 1.54) is 0 Å². The van der Waals surface area contributed by atoms with Crippen LogP contribution in [0.1, 0.15) is 27.2 Å². The zero-order valence-corrected chi connectivity index (χ0v) is 11.6. The number of ether oxygens (including phenoxy) is 1. The van der Waals surface area contributed by atoms with Crippen molar-refractivity contribution < 1.29 is 13.2 Å². The molecule has 1 fully saturated rings. The van der Waals surface area contributed by atoms with Gasteiger partial charge in [-0.1, -0.05) is 0 Å². The van der Waals surface area contributed by atoms with Gasteiger partial charge in [0.15, 0.2) is 9.84 Å². The van der Waals surface area contributed by atoms with E-state index in [9.17, 15) is 8.42 Å². The Balaban J connectivity index is 2.29. The Morgan fingerprint density at radius 2 is 2.12 bits per heavy atom. The van der Waals surface area contributed by atoms with E-state index in [4.69, 9.17) is 17.0 Å². The molecule has 0 aromatic rings. The standard InChI is InChI=1S/C10H19NO3S2/c1-10(2,3)14-9(15)11-6-8-4-5-16(12,13)7-8/h8H,4-7H2,1-3H3,(H,11,15). The smallest absolute Gasteiger partial charge is 0.257 e. The first-order valence-corrected chi connectivity index (χ1v) is 7.58. The molecule has 16 heavy (non-hydrogen) atoms. The lowest BCUT2D eigenvalue weighted by molar-refractivity contribution is 0.114. The normalized spacial score (nSPS) is 24.1. The maximum Gasteiger partial charge on any atom is 0.257 e. The molecule has 0 saturated carbocycles. The highest BCUT2D eigenvalue weighted by Crippen LogP contribution is 2.17. The van der Waals surface area contributed by atoms with Crippen LogP contribution in [0.4, 0.5) is 0 Å². The second-order valence-corrected chi connectivity index (χ2v) is 7.75. The molecule has 1 atom stereocenters. The molecule has 6 heteroatoms. The third-order valence-electron chi connectivity index (χ3n) is 2.26. The molecule has 0 amide bonds. The Labute approximate surface area is 103 Å². The maximum atomic E-state index is 11.2. The van der Waals surface area contributed by atoms with Gasteiger partial charge in [0, 0.05) is 6.54 Å². The van der Waals surface area contributed by atoms with E-state index in [0.717, 1.165) is 0 Å². The fourth-order valence-corrected chi connectivity index (χ4v) is 3.77. The molecule has 1 saturated heterocycles. The molecule has 0 aromatic carbocycles. The van der Waals surface area contributed by atoms with E-state index in [1.807, 2.05) is 20.8 Å². The number of rotatable bonds is 2. The van der Waals surface area contributed by atoms with Crippen molar-refractivity contribution in [3.63, 3.8) is 0 Å². The van der Waals surface area contributed by atoms with Crippen molar-refractivity contribution in [2.75, 3.05) is 18.1 Å². The van der Waals surface area contributed by atoms with Crippen molar-refractivity contribution in [1.82, 2.24) is 5.32 Å². The summed E-state index contributed by atoms with van der Waals surface area (Å²) < 4.78 is 27.9. The SMILES string of the molecule is CC(C)(C)OC(=S)NCC1CCS(=O)(=O)C1. The molecule has 1 aliphatic rings. The highest BCUT2D eigenvalue weighted by molar-refractivity contribution is 7.91. The summed E-state index contributed by atoms with van der Waals surface area (Å²) in [6.45, 7) is 6.33. The minimum absolute atomic E-state index is 0.159. The summed E-state index contributed by atoms with van der Waals surface area (Å²) in [5, 5.41) is 3.31. The number of thiocarbonyl (C=S) groups is 1. The first-order chi connectivity index (χ1) is 7.18. The monoisotopic (exact) mass is 265 g/mol. The Bertz CT molecular complexity index is 357. The van der Waals surface area contributed by atoms with E-state index in [2.05, 4.69) is 5.32 Å². The fraction of sp³-hybridized carbons (Fsp3) is 0.900. The van der Waals surface area contributed by atoms with Gasteiger partial charge in [0.2, 0.25) is 0 Å². The Morgan fingerprint density at radius 3 is 2.56 bits per heavy atom. The van der Waals surface area contributed by atoms with E-state index >= 15 is 0 Å². The average Bonchev–Trinajstić information content (AvgIpc) is 2.39. The molecular weight excluding hydrogens is 246 g/mol. The largest absolute Gasteiger partial charge is 0.465 e. The summed E-state index contributed by atoms with van der Waals surface area (Å²) >= 11 is 5.01. The summed E-state index contributed by atoms with van der Waals surface area (Å²) in [6, 6.07) is 0. The van der Waals surface area contributed by atoms with Crippen LogP contribution in [0.25, 0.3) is 0 Å². The van der Waals surface area contributed by atoms with Crippen LogP contribution in [0.2, 0.25) is 0 Å². The van der Waals surface area contributed by atoms with Crippen LogP contribution in [0.15, 0.2) is 0 Å². The predicted octanol–water partition coefficient (Wildman–Crippen LogP) is 1.11. The third kappa shape index (κ3) is 5.12. The summed E-state index contributed by atoms with van der Waals surface area (Å²) in [5.41, 5.74) is -0.314. The van der Waals surface area contributed by atoms with Crippen LogP contribution in [0.3, 0.4) is 0 Å². The molecule has 4 nitrogen and oxygen atoms in total. The Hall–Kier alpha value is -0.360. The summed E-state index contributed by atoms with van der Waals surface area (Å²) in [7, 11) is -2.80. The van der Waals surface area contributed by atoms with E-state index < -0.39 is 9.84 Å². The lowest BCUT2D eigenvalue weighted by atomic mass is 10.1. The first-order valence-electron chi connectivity index (χ1n) is 5.35. The lowest BCUT2D eigenvalue weighted by Crippen LogP contribution is -2.35. The summed E-state index contributed by atoms with van der Waals surface area (Å²) in [4.78, 5) is 0. The molecule has 1 aliphatic heterocycles. The van der Waals surface area contributed by atoms with Crippen LogP contribution in [0, 0.1) is 5.92 Å². The van der Waals surface area contributed by atoms with Crippen molar-refractivity contribution in [1.29, 1.82) is 0 Å². The van der Waals surface area contributed by atoms with Gasteiger partial charge in [-0.05, 0) is 45.3 Å². The average molecular weight is 265 g/mol. The van der Waals surface area contributed by atoms with Crippen molar-refractivity contribution >= 4 is 27.2 Å². The quantitative estimate of drug-likeness (QED) is 0.758.